The highest BCUT2D eigenvalue weighted by Gasteiger charge is 2.36. The van der Waals surface area contributed by atoms with Crippen molar-refractivity contribution in [3.05, 3.63) is 72.1 Å². The Kier molecular flexibility index (Phi) is 6.31. The van der Waals surface area contributed by atoms with Gasteiger partial charge in [0.15, 0.2) is 0 Å². The van der Waals surface area contributed by atoms with Gasteiger partial charge in [0, 0.05) is 59.5 Å². The van der Waals surface area contributed by atoms with Crippen LogP contribution in [0.4, 0.5) is 0 Å². The summed E-state index contributed by atoms with van der Waals surface area (Å²) in [7, 11) is 2.09. The number of nitrogens with one attached hydrogen (secondary N) is 1. The number of benzene rings is 2. The minimum absolute atomic E-state index is 0.359. The fourth-order valence-electron chi connectivity index (χ4n) is 5.05. The summed E-state index contributed by atoms with van der Waals surface area (Å²) in [5, 5.41) is 2.43. The van der Waals surface area contributed by atoms with E-state index < -0.39 is 0 Å². The van der Waals surface area contributed by atoms with Crippen molar-refractivity contribution in [2.24, 2.45) is 7.05 Å². The van der Waals surface area contributed by atoms with Gasteiger partial charge in [-0.2, -0.15) is 0 Å². The quantitative estimate of drug-likeness (QED) is 0.272. The molecule has 3 heteroatoms. The second kappa shape index (κ2) is 9.13. The molecule has 0 saturated heterocycles. The van der Waals surface area contributed by atoms with Crippen LogP contribution in [0.3, 0.4) is 0 Å². The number of hydrogen-bond donors (Lipinski definition) is 1. The molecule has 3 nitrogen and oxygen atoms in total. The lowest BCUT2D eigenvalue weighted by molar-refractivity contribution is -0.120. The number of aromatic nitrogens is 2. The van der Waals surface area contributed by atoms with Gasteiger partial charge in [0.05, 0.1) is 0 Å². The Hall–Kier alpha value is -2.81. The fourth-order valence-corrected chi connectivity index (χ4v) is 5.05. The van der Waals surface area contributed by atoms with Crippen molar-refractivity contribution < 1.29 is 4.79 Å². The first-order chi connectivity index (χ1) is 15.0. The molecule has 0 bridgehead atoms. The molecule has 1 unspecified atom stereocenters. The van der Waals surface area contributed by atoms with E-state index in [9.17, 15) is 4.79 Å². The third-order valence-electron chi connectivity index (χ3n) is 6.79. The lowest BCUT2D eigenvalue weighted by Gasteiger charge is -2.29. The van der Waals surface area contributed by atoms with Crippen molar-refractivity contribution in [2.45, 2.75) is 64.2 Å². The van der Waals surface area contributed by atoms with Crippen LogP contribution in [0.5, 0.6) is 0 Å². The van der Waals surface area contributed by atoms with Gasteiger partial charge < -0.3 is 9.55 Å². The molecule has 0 spiro atoms. The smallest absolute Gasteiger partial charge is 0.134 e. The predicted octanol–water partition coefficient (Wildman–Crippen LogP) is 7.29. The van der Waals surface area contributed by atoms with Crippen LogP contribution >= 0.6 is 0 Å². The number of H-pyrrole nitrogens is 1. The molecular formula is C28H34N2O. The second-order valence-corrected chi connectivity index (χ2v) is 9.13. The van der Waals surface area contributed by atoms with Crippen LogP contribution < -0.4 is 0 Å². The van der Waals surface area contributed by atoms with Crippen molar-refractivity contribution in [2.75, 3.05) is 0 Å². The summed E-state index contributed by atoms with van der Waals surface area (Å²) >= 11 is 0. The van der Waals surface area contributed by atoms with Crippen molar-refractivity contribution in [3.8, 4) is 0 Å². The molecule has 0 aliphatic heterocycles. The predicted molar refractivity (Wildman–Crippen MR) is 131 cm³/mol. The van der Waals surface area contributed by atoms with E-state index in [4.69, 9.17) is 0 Å². The Morgan fingerprint density at radius 2 is 1.65 bits per heavy atom. The number of fused-ring (bicyclic) bond motifs is 2. The van der Waals surface area contributed by atoms with Gasteiger partial charge in [-0.05, 0) is 29.7 Å². The molecular weight excluding hydrogens is 380 g/mol. The molecule has 0 saturated carbocycles. The van der Waals surface area contributed by atoms with E-state index in [1.165, 1.54) is 46.7 Å². The normalized spacial score (nSPS) is 13.6. The summed E-state index contributed by atoms with van der Waals surface area (Å²) in [6.45, 7) is 4.47. The first-order valence-corrected chi connectivity index (χ1v) is 11.7. The van der Waals surface area contributed by atoms with E-state index in [0.29, 0.717) is 18.6 Å². The van der Waals surface area contributed by atoms with Crippen LogP contribution in [0.1, 0.15) is 69.9 Å². The minimum atomic E-state index is -0.388. The van der Waals surface area contributed by atoms with Gasteiger partial charge in [0.25, 0.3) is 0 Å². The Balaban J connectivity index is 1.73. The van der Waals surface area contributed by atoms with Gasteiger partial charge in [-0.3, -0.25) is 4.79 Å². The number of Topliss-reactive ketones (excluding diaryl/α,β-unsaturated/α-hetero) is 1. The molecule has 4 rings (SSSR count). The molecule has 2 aromatic carbocycles. The Morgan fingerprint density at radius 3 is 2.45 bits per heavy atom. The summed E-state index contributed by atoms with van der Waals surface area (Å²) in [4.78, 5) is 16.7. The number of carbonyl (C=O) groups is 1. The number of nitrogens with zero attached hydrogens (tertiary/aromatic N) is 1. The van der Waals surface area contributed by atoms with Crippen LogP contribution in [0.2, 0.25) is 0 Å². The molecule has 2 aromatic heterocycles. The highest BCUT2D eigenvalue weighted by molar-refractivity contribution is 5.92. The Bertz CT molecular complexity index is 1180. The number of hydrogen-bond acceptors (Lipinski definition) is 1. The van der Waals surface area contributed by atoms with Gasteiger partial charge in [-0.15, -0.1) is 0 Å². The average Bonchev–Trinajstić information content (AvgIpc) is 3.36. The van der Waals surface area contributed by atoms with Crippen LogP contribution in [0.15, 0.2) is 60.9 Å². The van der Waals surface area contributed by atoms with Crippen molar-refractivity contribution in [3.63, 3.8) is 0 Å². The number of unbranched alkanes of at least 4 members (excludes halogenated alkanes) is 4. The number of para-hydroxylation sites is 2. The van der Waals surface area contributed by atoms with E-state index in [0.717, 1.165) is 18.4 Å². The fraction of sp³-hybridized carbons (Fsp3) is 0.393. The zero-order chi connectivity index (χ0) is 21.8. The number of aromatic amines is 1. The van der Waals surface area contributed by atoms with E-state index >= 15 is 0 Å². The zero-order valence-electron chi connectivity index (χ0n) is 19.1. The zero-order valence-corrected chi connectivity index (χ0v) is 19.1. The van der Waals surface area contributed by atoms with Gasteiger partial charge in [0.2, 0.25) is 0 Å². The summed E-state index contributed by atoms with van der Waals surface area (Å²) in [5.41, 5.74) is 4.38. The largest absolute Gasteiger partial charge is 0.361 e. The lowest BCUT2D eigenvalue weighted by Crippen LogP contribution is -2.27. The average molecular weight is 415 g/mol. The van der Waals surface area contributed by atoms with Crippen LogP contribution in [0, 0.1) is 0 Å². The molecule has 0 aliphatic rings. The molecule has 0 amide bonds. The van der Waals surface area contributed by atoms with Gasteiger partial charge >= 0.3 is 0 Å². The summed E-state index contributed by atoms with van der Waals surface area (Å²) in [6, 6.07) is 16.9. The van der Waals surface area contributed by atoms with Crippen LogP contribution in [-0.4, -0.2) is 15.3 Å². The number of aryl methyl sites for hydroxylation is 1. The molecule has 162 valence electrons. The van der Waals surface area contributed by atoms with Gasteiger partial charge in [-0.25, -0.2) is 0 Å². The third-order valence-corrected chi connectivity index (χ3v) is 6.79. The number of ketones is 1. The minimum Gasteiger partial charge on any atom is -0.361 e. The first kappa shape index (κ1) is 21.4. The Labute approximate surface area is 185 Å². The monoisotopic (exact) mass is 414 g/mol. The van der Waals surface area contributed by atoms with E-state index in [2.05, 4.69) is 91.4 Å². The molecule has 0 radical (unpaired) electrons. The number of carbonyl (C=O) groups excluding carboxylic acids is 1. The molecule has 4 aromatic rings. The molecule has 1 atom stereocenters. The summed E-state index contributed by atoms with van der Waals surface area (Å²) in [6.07, 6.45) is 11.4. The first-order valence-electron chi connectivity index (χ1n) is 11.7. The maximum atomic E-state index is 13.2. The number of rotatable bonds is 10. The summed E-state index contributed by atoms with van der Waals surface area (Å²) < 4.78 is 2.19. The highest BCUT2D eigenvalue weighted by atomic mass is 16.1. The maximum absolute atomic E-state index is 13.2. The second-order valence-electron chi connectivity index (χ2n) is 9.13. The summed E-state index contributed by atoms with van der Waals surface area (Å²) in [5.74, 6) is 0.359. The van der Waals surface area contributed by atoms with Crippen LogP contribution in [-0.2, 0) is 17.3 Å². The van der Waals surface area contributed by atoms with E-state index in [1.807, 2.05) is 0 Å². The topological polar surface area (TPSA) is 37.8 Å². The standard InChI is InChI=1S/C28H34N2O/c1-4-5-6-7-8-13-21(31)18-28(2,24-19-29-26-16-11-9-14-22(24)26)25-20-30(3)27-17-12-10-15-23(25)27/h9-12,14-17,19-20,29H,4-8,13,18H2,1-3H3. The van der Waals surface area contributed by atoms with E-state index in [-0.39, 0.29) is 5.41 Å². The SMILES string of the molecule is CCCCCCCC(=O)CC(C)(c1c[nH]c2ccccc12)c1cn(C)c2ccccc12. The van der Waals surface area contributed by atoms with Crippen molar-refractivity contribution in [1.82, 2.24) is 9.55 Å². The third kappa shape index (κ3) is 4.19. The van der Waals surface area contributed by atoms with E-state index in [1.54, 1.807) is 0 Å². The molecule has 0 fully saturated rings. The highest BCUT2D eigenvalue weighted by Crippen LogP contribution is 2.43. The molecule has 2 heterocycles. The van der Waals surface area contributed by atoms with Crippen molar-refractivity contribution >= 4 is 27.6 Å². The Morgan fingerprint density at radius 1 is 0.935 bits per heavy atom. The van der Waals surface area contributed by atoms with Crippen LogP contribution in [0.25, 0.3) is 21.8 Å². The van der Waals surface area contributed by atoms with Gasteiger partial charge in [0.1, 0.15) is 5.78 Å². The van der Waals surface area contributed by atoms with Crippen molar-refractivity contribution in [1.29, 1.82) is 0 Å². The van der Waals surface area contributed by atoms with Gasteiger partial charge in [-0.1, -0.05) is 75.9 Å². The molecule has 1 N–H and O–H groups in total. The lowest BCUT2D eigenvalue weighted by atomic mass is 9.72. The molecule has 31 heavy (non-hydrogen) atoms. The maximum Gasteiger partial charge on any atom is 0.134 e. The molecule has 0 aliphatic carbocycles.